The molecule has 0 N–H and O–H groups in total. The lowest BCUT2D eigenvalue weighted by molar-refractivity contribution is 0.362. The topological polar surface area (TPSA) is 12.5 Å². The molecule has 3 atom stereocenters. The van der Waals surface area contributed by atoms with Crippen LogP contribution in [0.3, 0.4) is 0 Å². The molecule has 0 spiro atoms. The fourth-order valence-electron chi connectivity index (χ4n) is 1.89. The highest BCUT2D eigenvalue weighted by Gasteiger charge is 2.35. The number of hydrogen-bond donors (Lipinski definition) is 0. The summed E-state index contributed by atoms with van der Waals surface area (Å²) in [6.45, 7) is 4.43. The van der Waals surface area contributed by atoms with Crippen molar-refractivity contribution in [3.8, 4) is 0 Å². The molecule has 1 fully saturated rings. The standard InChI is InChI=1S/C13H18OS/c1-9(8-13-10(2)14-13)11-4-6-12(15-3)7-5-11/h4-7,9-10,13H,8H2,1-3H3. The van der Waals surface area contributed by atoms with Crippen LogP contribution in [0.15, 0.2) is 29.2 Å². The maximum atomic E-state index is 5.45. The second-order valence-corrected chi connectivity index (χ2v) is 5.17. The van der Waals surface area contributed by atoms with Crippen molar-refractivity contribution in [1.29, 1.82) is 0 Å². The SMILES string of the molecule is CSc1ccc(C(C)CC2OC2C)cc1. The fourth-order valence-corrected chi connectivity index (χ4v) is 2.30. The van der Waals surface area contributed by atoms with Crippen molar-refractivity contribution in [3.05, 3.63) is 29.8 Å². The van der Waals surface area contributed by atoms with Crippen molar-refractivity contribution >= 4 is 11.8 Å². The average molecular weight is 222 g/mol. The van der Waals surface area contributed by atoms with Crippen LogP contribution in [0.25, 0.3) is 0 Å². The Bertz CT molecular complexity index is 320. The minimum Gasteiger partial charge on any atom is -0.370 e. The Kier molecular flexibility index (Phi) is 3.37. The second-order valence-electron chi connectivity index (χ2n) is 4.29. The zero-order chi connectivity index (χ0) is 10.8. The van der Waals surface area contributed by atoms with Crippen molar-refractivity contribution in [2.45, 2.75) is 43.3 Å². The lowest BCUT2D eigenvalue weighted by atomic mass is 9.96. The zero-order valence-electron chi connectivity index (χ0n) is 9.57. The third-order valence-electron chi connectivity index (χ3n) is 3.11. The van der Waals surface area contributed by atoms with Gasteiger partial charge in [0.05, 0.1) is 12.2 Å². The van der Waals surface area contributed by atoms with E-state index in [0.29, 0.717) is 18.1 Å². The first kappa shape index (κ1) is 11.0. The number of thioether (sulfide) groups is 1. The molecule has 2 heteroatoms. The molecular weight excluding hydrogens is 204 g/mol. The molecule has 0 amide bonds. The number of hydrogen-bond acceptors (Lipinski definition) is 2. The highest BCUT2D eigenvalue weighted by Crippen LogP contribution is 2.32. The van der Waals surface area contributed by atoms with Gasteiger partial charge in [0.1, 0.15) is 0 Å². The quantitative estimate of drug-likeness (QED) is 0.569. The van der Waals surface area contributed by atoms with Crippen molar-refractivity contribution in [3.63, 3.8) is 0 Å². The summed E-state index contributed by atoms with van der Waals surface area (Å²) in [5.74, 6) is 0.607. The summed E-state index contributed by atoms with van der Waals surface area (Å²) in [6, 6.07) is 8.88. The van der Waals surface area contributed by atoms with Crippen LogP contribution in [0.1, 0.15) is 31.7 Å². The Morgan fingerprint density at radius 1 is 1.33 bits per heavy atom. The molecule has 1 aliphatic heterocycles. The van der Waals surface area contributed by atoms with E-state index in [4.69, 9.17) is 4.74 Å². The molecule has 0 aromatic heterocycles. The van der Waals surface area contributed by atoms with Crippen LogP contribution in [0.2, 0.25) is 0 Å². The Balaban J connectivity index is 1.95. The summed E-state index contributed by atoms with van der Waals surface area (Å²) >= 11 is 1.79. The van der Waals surface area contributed by atoms with E-state index < -0.39 is 0 Å². The van der Waals surface area contributed by atoms with Crippen LogP contribution in [-0.4, -0.2) is 18.5 Å². The highest BCUT2D eigenvalue weighted by atomic mass is 32.2. The molecule has 0 radical (unpaired) electrons. The van der Waals surface area contributed by atoms with E-state index in [-0.39, 0.29) is 0 Å². The smallest absolute Gasteiger partial charge is 0.0844 e. The van der Waals surface area contributed by atoms with Gasteiger partial charge in [-0.05, 0) is 43.2 Å². The Morgan fingerprint density at radius 2 is 1.93 bits per heavy atom. The minimum absolute atomic E-state index is 0.484. The molecule has 1 nitrogen and oxygen atoms in total. The van der Waals surface area contributed by atoms with Gasteiger partial charge >= 0.3 is 0 Å². The monoisotopic (exact) mass is 222 g/mol. The summed E-state index contributed by atoms with van der Waals surface area (Å²) in [6.07, 6.45) is 4.25. The summed E-state index contributed by atoms with van der Waals surface area (Å²) in [4.78, 5) is 1.34. The number of epoxide rings is 1. The van der Waals surface area contributed by atoms with E-state index in [1.807, 2.05) is 0 Å². The normalized spacial score (nSPS) is 26.3. The second kappa shape index (κ2) is 4.58. The fraction of sp³-hybridized carbons (Fsp3) is 0.538. The van der Waals surface area contributed by atoms with Crippen molar-refractivity contribution in [2.24, 2.45) is 0 Å². The molecule has 1 heterocycles. The van der Waals surface area contributed by atoms with E-state index in [2.05, 4.69) is 44.4 Å². The molecule has 2 rings (SSSR count). The molecule has 15 heavy (non-hydrogen) atoms. The maximum Gasteiger partial charge on any atom is 0.0844 e. The lowest BCUT2D eigenvalue weighted by Crippen LogP contribution is -1.99. The third-order valence-corrected chi connectivity index (χ3v) is 3.85. The summed E-state index contributed by atoms with van der Waals surface area (Å²) in [7, 11) is 0. The number of benzene rings is 1. The van der Waals surface area contributed by atoms with Gasteiger partial charge < -0.3 is 4.74 Å². The summed E-state index contributed by atoms with van der Waals surface area (Å²) in [5.41, 5.74) is 1.43. The van der Waals surface area contributed by atoms with Crippen LogP contribution in [-0.2, 0) is 4.74 Å². The van der Waals surface area contributed by atoms with Gasteiger partial charge in [-0.1, -0.05) is 19.1 Å². The van der Waals surface area contributed by atoms with Crippen molar-refractivity contribution in [2.75, 3.05) is 6.26 Å². The predicted molar refractivity (Wildman–Crippen MR) is 65.6 cm³/mol. The number of rotatable bonds is 4. The first-order valence-corrected chi connectivity index (χ1v) is 6.72. The van der Waals surface area contributed by atoms with Gasteiger partial charge in [-0.25, -0.2) is 0 Å². The van der Waals surface area contributed by atoms with E-state index in [1.165, 1.54) is 10.5 Å². The van der Waals surface area contributed by atoms with Crippen LogP contribution in [0.5, 0.6) is 0 Å². The Morgan fingerprint density at radius 3 is 2.40 bits per heavy atom. The van der Waals surface area contributed by atoms with Gasteiger partial charge in [0.25, 0.3) is 0 Å². The highest BCUT2D eigenvalue weighted by molar-refractivity contribution is 7.98. The van der Waals surface area contributed by atoms with Gasteiger partial charge in [0, 0.05) is 4.90 Å². The van der Waals surface area contributed by atoms with Crippen LogP contribution >= 0.6 is 11.8 Å². The Hall–Kier alpha value is -0.470. The molecule has 0 saturated carbocycles. The molecule has 82 valence electrons. The molecule has 3 unspecified atom stereocenters. The van der Waals surface area contributed by atoms with Crippen molar-refractivity contribution < 1.29 is 4.74 Å². The van der Waals surface area contributed by atoms with Gasteiger partial charge in [-0.2, -0.15) is 0 Å². The number of ether oxygens (including phenoxy) is 1. The van der Waals surface area contributed by atoms with E-state index in [9.17, 15) is 0 Å². The third kappa shape index (κ3) is 2.76. The summed E-state index contributed by atoms with van der Waals surface area (Å²) in [5, 5.41) is 0. The van der Waals surface area contributed by atoms with Gasteiger partial charge in [-0.3, -0.25) is 0 Å². The first-order valence-electron chi connectivity index (χ1n) is 5.50. The molecule has 0 bridgehead atoms. The van der Waals surface area contributed by atoms with E-state index >= 15 is 0 Å². The van der Waals surface area contributed by atoms with Crippen LogP contribution in [0.4, 0.5) is 0 Å². The van der Waals surface area contributed by atoms with E-state index in [1.54, 1.807) is 11.8 Å². The van der Waals surface area contributed by atoms with Gasteiger partial charge in [0.15, 0.2) is 0 Å². The molecule has 1 aromatic carbocycles. The molecule has 1 aromatic rings. The molecular formula is C13H18OS. The zero-order valence-corrected chi connectivity index (χ0v) is 10.4. The predicted octanol–water partition coefficient (Wildman–Crippen LogP) is 3.69. The minimum atomic E-state index is 0.484. The van der Waals surface area contributed by atoms with E-state index in [0.717, 1.165) is 6.42 Å². The summed E-state index contributed by atoms with van der Waals surface area (Å²) < 4.78 is 5.45. The van der Waals surface area contributed by atoms with Gasteiger partial charge in [0.2, 0.25) is 0 Å². The van der Waals surface area contributed by atoms with Crippen molar-refractivity contribution in [1.82, 2.24) is 0 Å². The van der Waals surface area contributed by atoms with Gasteiger partial charge in [-0.15, -0.1) is 11.8 Å². The Labute approximate surface area is 96.2 Å². The molecule has 1 saturated heterocycles. The average Bonchev–Trinajstić information content (AvgIpc) is 2.94. The lowest BCUT2D eigenvalue weighted by Gasteiger charge is -2.10. The largest absolute Gasteiger partial charge is 0.370 e. The van der Waals surface area contributed by atoms with Crippen LogP contribution in [0, 0.1) is 0 Å². The first-order chi connectivity index (χ1) is 7.20. The van der Waals surface area contributed by atoms with Crippen LogP contribution < -0.4 is 0 Å². The molecule has 1 aliphatic rings. The maximum absolute atomic E-state index is 5.45. The molecule has 0 aliphatic carbocycles.